The first-order chi connectivity index (χ1) is 31.5. The van der Waals surface area contributed by atoms with E-state index in [9.17, 15) is 4.11 Å². The molecule has 0 saturated heterocycles. The lowest BCUT2D eigenvalue weighted by molar-refractivity contribution is 0.332. The van der Waals surface area contributed by atoms with Crippen LogP contribution < -0.4 is 26.2 Å². The van der Waals surface area contributed by atoms with E-state index in [4.69, 9.17) is 0 Å². The topological polar surface area (TPSA) is 6.48 Å². The van der Waals surface area contributed by atoms with Crippen molar-refractivity contribution in [1.82, 2.24) is 0 Å². The van der Waals surface area contributed by atoms with Crippen LogP contribution in [0.1, 0.15) is 120 Å². The van der Waals surface area contributed by atoms with Crippen LogP contribution in [0.4, 0.5) is 34.1 Å². The lowest BCUT2D eigenvalue weighted by Gasteiger charge is -2.48. The Balaban J connectivity index is 1.33. The highest BCUT2D eigenvalue weighted by atomic mass is 32.1. The third kappa shape index (κ3) is 6.26. The van der Waals surface area contributed by atoms with Gasteiger partial charge in [0.1, 0.15) is 0 Å². The minimum absolute atomic E-state index is 0.0321. The highest BCUT2D eigenvalue weighted by Crippen LogP contribution is 2.53. The smallest absolute Gasteiger partial charge is 0.252 e. The van der Waals surface area contributed by atoms with Gasteiger partial charge in [-0.25, -0.2) is 0 Å². The van der Waals surface area contributed by atoms with E-state index in [-0.39, 0.29) is 28.4 Å². The maximum atomic E-state index is 9.19. The Bertz CT molecular complexity index is 3350. The van der Waals surface area contributed by atoms with Crippen molar-refractivity contribution >= 4 is 88.7 Å². The molecule has 3 heterocycles. The molecular formula is C60H61BN2S. The predicted molar refractivity (Wildman–Crippen MR) is 281 cm³/mol. The van der Waals surface area contributed by atoms with Gasteiger partial charge < -0.3 is 9.80 Å². The first-order valence-corrected chi connectivity index (χ1v) is 24.1. The second kappa shape index (κ2) is 14.0. The Labute approximate surface area is 390 Å². The van der Waals surface area contributed by atoms with E-state index in [0.29, 0.717) is 5.56 Å². The zero-order valence-corrected chi connectivity index (χ0v) is 40.2. The summed E-state index contributed by atoms with van der Waals surface area (Å²) in [5.74, 6) is 0. The van der Waals surface area contributed by atoms with Gasteiger partial charge in [0.05, 0.1) is 10.4 Å². The maximum Gasteiger partial charge on any atom is 0.252 e. The van der Waals surface area contributed by atoms with Crippen molar-refractivity contribution < 1.29 is 4.11 Å². The molecule has 0 bridgehead atoms. The molecule has 0 unspecified atom stereocenters. The Morgan fingerprint density at radius 2 is 1.19 bits per heavy atom. The molecule has 2 aliphatic heterocycles. The molecule has 8 aromatic rings. The molecule has 3 aliphatic rings. The van der Waals surface area contributed by atoms with Crippen LogP contribution in [0.25, 0.3) is 31.3 Å². The lowest BCUT2D eigenvalue weighted by Crippen LogP contribution is -2.62. The van der Waals surface area contributed by atoms with E-state index >= 15 is 0 Å². The predicted octanol–water partition coefficient (Wildman–Crippen LogP) is 15.4. The summed E-state index contributed by atoms with van der Waals surface area (Å²) < 4.78 is 30.0. The quantitative estimate of drug-likeness (QED) is 0.163. The van der Waals surface area contributed by atoms with Crippen LogP contribution in [-0.2, 0) is 21.7 Å². The summed E-state index contributed by atoms with van der Waals surface area (Å²) in [4.78, 5) is 4.91. The van der Waals surface area contributed by atoms with E-state index in [2.05, 4.69) is 201 Å². The number of nitrogens with zero attached hydrogens (tertiary/aromatic N) is 2. The Kier molecular flexibility index (Phi) is 8.24. The molecule has 320 valence electrons. The molecule has 2 nitrogen and oxygen atoms in total. The summed E-state index contributed by atoms with van der Waals surface area (Å²) in [5, 5.41) is 2.49. The van der Waals surface area contributed by atoms with Crippen LogP contribution in [0, 0.1) is 13.8 Å². The van der Waals surface area contributed by atoms with Gasteiger partial charge in [-0.05, 0) is 158 Å². The molecule has 1 aromatic heterocycles. The molecule has 11 rings (SSSR count). The number of hydrogen-bond acceptors (Lipinski definition) is 3. The second-order valence-corrected chi connectivity index (χ2v) is 23.4. The van der Waals surface area contributed by atoms with Gasteiger partial charge in [-0.3, -0.25) is 0 Å². The van der Waals surface area contributed by atoms with Crippen molar-refractivity contribution in [2.75, 3.05) is 9.80 Å². The molecule has 4 heteroatoms. The average Bonchev–Trinajstić information content (AvgIpc) is 3.66. The molecule has 0 spiro atoms. The highest BCUT2D eigenvalue weighted by molar-refractivity contribution is 7.26. The van der Waals surface area contributed by atoms with Crippen molar-refractivity contribution in [1.29, 1.82) is 0 Å². The third-order valence-electron chi connectivity index (χ3n) is 15.0. The number of hydrogen-bond donors (Lipinski definition) is 0. The molecule has 7 aromatic carbocycles. The fraction of sp³-hybridized carbons (Fsp3) is 0.300. The molecule has 0 saturated carbocycles. The first kappa shape index (κ1) is 37.8. The van der Waals surface area contributed by atoms with Gasteiger partial charge in [0.2, 0.25) is 0 Å². The van der Waals surface area contributed by atoms with Crippen LogP contribution >= 0.6 is 11.3 Å². The fourth-order valence-corrected chi connectivity index (χ4v) is 12.3. The maximum absolute atomic E-state index is 9.19. The van der Waals surface area contributed by atoms with Crippen molar-refractivity contribution in [2.24, 2.45) is 0 Å². The fourth-order valence-electron chi connectivity index (χ4n) is 11.1. The molecule has 0 fully saturated rings. The monoisotopic (exact) mass is 855 g/mol. The van der Waals surface area contributed by atoms with E-state index in [1.54, 1.807) is 0 Å². The summed E-state index contributed by atoms with van der Waals surface area (Å²) in [6.45, 7) is 23.2. The SMILES string of the molecule is [2H]C([2H])([2H])c1cc2c3c(c1)N(c1cc(C(C)(C)C)cc4c1sc1ccccc14)c1cc4c(cc1B3c1cc(C(C)(C)C)ccc1N2c1cc(-c2ccccc2)ccc1C)C(C)(C)CCC4(C)C. The van der Waals surface area contributed by atoms with E-state index in [1.807, 2.05) is 23.5 Å². The number of aryl methyl sites for hydroxylation is 2. The van der Waals surface area contributed by atoms with Crippen LogP contribution in [0.15, 0.2) is 127 Å². The molecule has 0 amide bonds. The van der Waals surface area contributed by atoms with Gasteiger partial charge >= 0.3 is 0 Å². The number of fused-ring (bicyclic) bond motifs is 8. The molecule has 1 aliphatic carbocycles. The van der Waals surface area contributed by atoms with Crippen LogP contribution in [0.5, 0.6) is 0 Å². The van der Waals surface area contributed by atoms with E-state index < -0.39 is 6.85 Å². The lowest BCUT2D eigenvalue weighted by atomic mass is 9.33. The van der Waals surface area contributed by atoms with Gasteiger partial charge in [0.15, 0.2) is 0 Å². The molecule has 0 radical (unpaired) electrons. The van der Waals surface area contributed by atoms with Crippen molar-refractivity contribution in [3.63, 3.8) is 0 Å². The number of thiophene rings is 1. The molecule has 64 heavy (non-hydrogen) atoms. The summed E-state index contributed by atoms with van der Waals surface area (Å²) in [6, 6.07) is 47.2. The summed E-state index contributed by atoms with van der Waals surface area (Å²) >= 11 is 1.84. The van der Waals surface area contributed by atoms with Gasteiger partial charge in [-0.15, -0.1) is 11.3 Å². The van der Waals surface area contributed by atoms with Gasteiger partial charge in [0.25, 0.3) is 6.71 Å². The van der Waals surface area contributed by atoms with Crippen LogP contribution in [0.2, 0.25) is 0 Å². The number of benzene rings is 7. The Morgan fingerprint density at radius 3 is 1.88 bits per heavy atom. The Hall–Kier alpha value is -5.58. The third-order valence-corrected chi connectivity index (χ3v) is 16.2. The summed E-state index contributed by atoms with van der Waals surface area (Å²) in [5.41, 5.74) is 18.6. The zero-order chi connectivity index (χ0) is 47.3. The van der Waals surface area contributed by atoms with Gasteiger partial charge in [-0.2, -0.15) is 0 Å². The van der Waals surface area contributed by atoms with Gasteiger partial charge in [-0.1, -0.05) is 148 Å². The standard InChI is InChI=1S/C60H61BN2S/c1-36-28-51-55-52(29-36)63(53-33-41(58(6,7)8)31-43-42-20-16-17-21-54(42)64-56(43)53)50-35-45-44(59(9,10)26-27-60(45,11)12)34-47(50)61(55)46-32-40(57(3,4)5)24-25-48(46)62(51)49-30-39(23-22-37(49)2)38-18-14-13-15-19-38/h13-25,28-35H,26-27H2,1-12H3/i1D3. The molecular weight excluding hydrogens is 792 g/mol. The summed E-state index contributed by atoms with van der Waals surface area (Å²) in [6.07, 6.45) is 2.20. The van der Waals surface area contributed by atoms with E-state index in [1.165, 1.54) is 53.4 Å². The largest absolute Gasteiger partial charge is 0.311 e. The Morgan fingerprint density at radius 1 is 0.547 bits per heavy atom. The molecule has 0 N–H and O–H groups in total. The van der Waals surface area contributed by atoms with Gasteiger partial charge in [0, 0.05) is 48.0 Å². The summed E-state index contributed by atoms with van der Waals surface area (Å²) in [7, 11) is 0. The van der Waals surface area contributed by atoms with Crippen LogP contribution in [0.3, 0.4) is 0 Å². The van der Waals surface area contributed by atoms with Crippen LogP contribution in [-0.4, -0.2) is 6.71 Å². The zero-order valence-electron chi connectivity index (χ0n) is 42.4. The van der Waals surface area contributed by atoms with Crippen molar-refractivity contribution in [3.05, 3.63) is 161 Å². The van der Waals surface area contributed by atoms with Crippen molar-refractivity contribution in [2.45, 2.75) is 118 Å². The number of rotatable bonds is 3. The van der Waals surface area contributed by atoms with E-state index in [0.717, 1.165) is 69.1 Å². The second-order valence-electron chi connectivity index (χ2n) is 22.4. The minimum atomic E-state index is -2.38. The average molecular weight is 856 g/mol. The molecule has 0 atom stereocenters. The number of anilines is 6. The first-order valence-electron chi connectivity index (χ1n) is 24.8. The highest BCUT2D eigenvalue weighted by Gasteiger charge is 2.47. The minimum Gasteiger partial charge on any atom is -0.311 e. The van der Waals surface area contributed by atoms with Crippen molar-refractivity contribution in [3.8, 4) is 11.1 Å². The normalized spacial score (nSPS) is 17.0.